The Hall–Kier alpha value is -2.39. The van der Waals surface area contributed by atoms with Gasteiger partial charge in [0.05, 0.1) is 11.9 Å². The van der Waals surface area contributed by atoms with Gasteiger partial charge in [-0.1, -0.05) is 66.2 Å². The van der Waals surface area contributed by atoms with Crippen molar-refractivity contribution in [3.8, 4) is 0 Å². The first-order valence-electron chi connectivity index (χ1n) is 10.3. The van der Waals surface area contributed by atoms with Crippen LogP contribution < -0.4 is 9.62 Å². The normalized spacial score (nSPS) is 12.3. The molecule has 32 heavy (non-hydrogen) atoms. The molecule has 174 valence electrons. The molecule has 0 saturated heterocycles. The first-order chi connectivity index (χ1) is 15.0. The fourth-order valence-electron chi connectivity index (χ4n) is 3.06. The first-order valence-corrected chi connectivity index (χ1v) is 13.0. The van der Waals surface area contributed by atoms with Crippen LogP contribution in [0.2, 0.25) is 0 Å². The highest BCUT2D eigenvalue weighted by molar-refractivity contribution is 9.10. The van der Waals surface area contributed by atoms with Crippen molar-refractivity contribution in [2.24, 2.45) is 5.92 Å². The molecule has 1 atom stereocenters. The molecule has 0 aliphatic heterocycles. The van der Waals surface area contributed by atoms with Gasteiger partial charge in [-0.25, -0.2) is 8.42 Å². The summed E-state index contributed by atoms with van der Waals surface area (Å²) in [5.74, 6) is -0.482. The lowest BCUT2D eigenvalue weighted by molar-refractivity contribution is -0.139. The SMILES string of the molecule is CC(C)CNC(=O)[C@H](C)N(Cc1ccccc1)C(=O)CN(c1cccc(Br)c1)S(C)(=O)=O. The van der Waals surface area contributed by atoms with E-state index in [-0.39, 0.29) is 18.4 Å². The van der Waals surface area contributed by atoms with Crippen molar-refractivity contribution in [1.29, 1.82) is 0 Å². The second-order valence-electron chi connectivity index (χ2n) is 8.07. The zero-order valence-corrected chi connectivity index (χ0v) is 21.2. The van der Waals surface area contributed by atoms with E-state index in [0.29, 0.717) is 16.7 Å². The summed E-state index contributed by atoms with van der Waals surface area (Å²) in [6.45, 7) is 5.89. The van der Waals surface area contributed by atoms with Gasteiger partial charge in [-0.3, -0.25) is 13.9 Å². The minimum Gasteiger partial charge on any atom is -0.354 e. The molecule has 7 nitrogen and oxygen atoms in total. The summed E-state index contributed by atoms with van der Waals surface area (Å²) in [7, 11) is -3.74. The molecule has 0 bridgehead atoms. The van der Waals surface area contributed by atoms with Gasteiger partial charge in [0.15, 0.2) is 0 Å². The molecule has 2 rings (SSSR count). The third-order valence-corrected chi connectivity index (χ3v) is 6.46. The molecule has 0 spiro atoms. The lowest BCUT2D eigenvalue weighted by atomic mass is 10.1. The number of rotatable bonds is 10. The molecule has 0 fully saturated rings. The molecule has 2 aromatic carbocycles. The van der Waals surface area contributed by atoms with Gasteiger partial charge in [0, 0.05) is 17.6 Å². The predicted octanol–water partition coefficient (Wildman–Crippen LogP) is 3.40. The monoisotopic (exact) mass is 523 g/mol. The van der Waals surface area contributed by atoms with Crippen molar-refractivity contribution in [3.05, 3.63) is 64.6 Å². The summed E-state index contributed by atoms with van der Waals surface area (Å²) in [6, 6.07) is 15.3. The maximum absolute atomic E-state index is 13.4. The fourth-order valence-corrected chi connectivity index (χ4v) is 4.29. The molecule has 0 radical (unpaired) electrons. The van der Waals surface area contributed by atoms with Crippen LogP contribution in [-0.4, -0.2) is 50.5 Å². The number of halogens is 1. The summed E-state index contributed by atoms with van der Waals surface area (Å²) in [5, 5.41) is 2.85. The molecule has 0 aromatic heterocycles. The number of carbonyl (C=O) groups is 2. The average molecular weight is 524 g/mol. The molecule has 2 amide bonds. The Morgan fingerprint density at radius 1 is 1.03 bits per heavy atom. The van der Waals surface area contributed by atoms with Crippen LogP contribution >= 0.6 is 15.9 Å². The van der Waals surface area contributed by atoms with Crippen molar-refractivity contribution in [1.82, 2.24) is 10.2 Å². The van der Waals surface area contributed by atoms with E-state index in [4.69, 9.17) is 0 Å². The van der Waals surface area contributed by atoms with E-state index in [9.17, 15) is 18.0 Å². The number of hydrogen-bond donors (Lipinski definition) is 1. The van der Waals surface area contributed by atoms with E-state index < -0.39 is 28.5 Å². The Bertz CT molecular complexity index is 1030. The zero-order valence-electron chi connectivity index (χ0n) is 18.8. The topological polar surface area (TPSA) is 86.8 Å². The fraction of sp³-hybridized carbons (Fsp3) is 0.391. The summed E-state index contributed by atoms with van der Waals surface area (Å²) in [5.41, 5.74) is 1.21. The Morgan fingerprint density at radius 2 is 1.69 bits per heavy atom. The van der Waals surface area contributed by atoms with Gasteiger partial charge in [-0.05, 0) is 36.6 Å². The Kier molecular flexibility index (Phi) is 9.27. The minimum atomic E-state index is -3.74. The number of amides is 2. The Morgan fingerprint density at radius 3 is 2.25 bits per heavy atom. The highest BCUT2D eigenvalue weighted by Crippen LogP contribution is 2.23. The van der Waals surface area contributed by atoms with Crippen molar-refractivity contribution in [2.75, 3.05) is 23.7 Å². The van der Waals surface area contributed by atoms with Crippen LogP contribution in [-0.2, 0) is 26.2 Å². The van der Waals surface area contributed by atoms with Gasteiger partial charge in [-0.2, -0.15) is 0 Å². The molecule has 9 heteroatoms. The molecule has 0 saturated carbocycles. The summed E-state index contributed by atoms with van der Waals surface area (Å²) >= 11 is 3.34. The second-order valence-corrected chi connectivity index (χ2v) is 10.9. The number of nitrogens with one attached hydrogen (secondary N) is 1. The van der Waals surface area contributed by atoms with Crippen LogP contribution in [0.1, 0.15) is 26.3 Å². The van der Waals surface area contributed by atoms with Crippen LogP contribution in [0.15, 0.2) is 59.1 Å². The molecular formula is C23H30BrN3O4S. The molecule has 0 aliphatic rings. The quantitative estimate of drug-likeness (QED) is 0.516. The van der Waals surface area contributed by atoms with Gasteiger partial charge < -0.3 is 10.2 Å². The van der Waals surface area contributed by atoms with Crippen LogP contribution in [0.4, 0.5) is 5.69 Å². The maximum atomic E-state index is 13.4. The van der Waals surface area contributed by atoms with E-state index in [1.165, 1.54) is 4.90 Å². The van der Waals surface area contributed by atoms with Crippen molar-refractivity contribution < 1.29 is 18.0 Å². The smallest absolute Gasteiger partial charge is 0.244 e. The van der Waals surface area contributed by atoms with Crippen LogP contribution in [0.3, 0.4) is 0 Å². The predicted molar refractivity (Wildman–Crippen MR) is 131 cm³/mol. The Labute approximate surface area is 199 Å². The molecular weight excluding hydrogens is 494 g/mol. The van der Waals surface area contributed by atoms with Gasteiger partial charge in [0.1, 0.15) is 12.6 Å². The van der Waals surface area contributed by atoms with Gasteiger partial charge in [0.2, 0.25) is 21.8 Å². The van der Waals surface area contributed by atoms with Crippen molar-refractivity contribution >= 4 is 43.5 Å². The largest absolute Gasteiger partial charge is 0.354 e. The number of benzene rings is 2. The average Bonchev–Trinajstić information content (AvgIpc) is 2.73. The third kappa shape index (κ3) is 7.63. The van der Waals surface area contributed by atoms with Crippen LogP contribution in [0.5, 0.6) is 0 Å². The molecule has 0 aliphatic carbocycles. The highest BCUT2D eigenvalue weighted by Gasteiger charge is 2.30. The number of carbonyl (C=O) groups excluding carboxylic acids is 2. The lowest BCUT2D eigenvalue weighted by Gasteiger charge is -2.31. The second kappa shape index (κ2) is 11.5. The van der Waals surface area contributed by atoms with E-state index in [0.717, 1.165) is 16.1 Å². The standard InChI is InChI=1S/C23H30BrN3O4S/c1-17(2)14-25-23(29)18(3)26(15-19-9-6-5-7-10-19)22(28)16-27(32(4,30)31)21-12-8-11-20(24)13-21/h5-13,17-18H,14-16H2,1-4H3,(H,25,29)/t18-/m0/s1. The van der Waals surface area contributed by atoms with Crippen molar-refractivity contribution in [2.45, 2.75) is 33.4 Å². The first kappa shape index (κ1) is 25.9. The van der Waals surface area contributed by atoms with Gasteiger partial charge in [-0.15, -0.1) is 0 Å². The van der Waals surface area contributed by atoms with Gasteiger partial charge in [0.25, 0.3) is 0 Å². The summed E-state index contributed by atoms with van der Waals surface area (Å²) in [6.07, 6.45) is 1.06. The van der Waals surface area contributed by atoms with E-state index in [1.807, 2.05) is 44.2 Å². The zero-order chi connectivity index (χ0) is 23.9. The number of anilines is 1. The highest BCUT2D eigenvalue weighted by atomic mass is 79.9. The van der Waals surface area contributed by atoms with E-state index in [1.54, 1.807) is 31.2 Å². The number of nitrogens with zero attached hydrogens (tertiary/aromatic N) is 2. The maximum Gasteiger partial charge on any atom is 0.244 e. The number of sulfonamides is 1. The lowest BCUT2D eigenvalue weighted by Crippen LogP contribution is -2.51. The molecule has 1 N–H and O–H groups in total. The Balaban J connectivity index is 2.33. The third-order valence-electron chi connectivity index (χ3n) is 4.82. The van der Waals surface area contributed by atoms with E-state index >= 15 is 0 Å². The van der Waals surface area contributed by atoms with Crippen LogP contribution in [0.25, 0.3) is 0 Å². The van der Waals surface area contributed by atoms with E-state index in [2.05, 4.69) is 21.2 Å². The summed E-state index contributed by atoms with van der Waals surface area (Å²) < 4.78 is 26.7. The molecule has 2 aromatic rings. The number of hydrogen-bond acceptors (Lipinski definition) is 4. The molecule has 0 unspecified atom stereocenters. The minimum absolute atomic E-state index is 0.187. The summed E-state index contributed by atoms with van der Waals surface area (Å²) in [4.78, 5) is 27.5. The van der Waals surface area contributed by atoms with Gasteiger partial charge >= 0.3 is 0 Å². The van der Waals surface area contributed by atoms with Crippen LogP contribution in [0, 0.1) is 5.92 Å². The molecule has 0 heterocycles. The van der Waals surface area contributed by atoms with Crippen molar-refractivity contribution in [3.63, 3.8) is 0 Å².